The van der Waals surface area contributed by atoms with Gasteiger partial charge in [-0.15, -0.1) is 0 Å². The number of oxazole rings is 1. The molecule has 25 heavy (non-hydrogen) atoms. The Hall–Kier alpha value is -2.32. The fourth-order valence-electron chi connectivity index (χ4n) is 3.45. The highest BCUT2D eigenvalue weighted by molar-refractivity contribution is 5.63. The van der Waals surface area contributed by atoms with Crippen molar-refractivity contribution in [2.45, 2.75) is 40.2 Å². The van der Waals surface area contributed by atoms with Crippen molar-refractivity contribution in [3.05, 3.63) is 34.7 Å². The lowest BCUT2D eigenvalue weighted by molar-refractivity contribution is 0.189. The number of hydrogen-bond donors (Lipinski definition) is 0. The van der Waals surface area contributed by atoms with E-state index < -0.39 is 0 Å². The smallest absolute Gasteiger partial charge is 0.226 e. The summed E-state index contributed by atoms with van der Waals surface area (Å²) in [6, 6.07) is 6.35. The zero-order chi connectivity index (χ0) is 18.0. The predicted octanol–water partition coefficient (Wildman–Crippen LogP) is 4.01. The molecule has 0 amide bonds. The van der Waals surface area contributed by atoms with Gasteiger partial charge in [0, 0.05) is 18.7 Å². The Bertz CT molecular complexity index is 804. The number of aryl methyl sites for hydroxylation is 1. The maximum Gasteiger partial charge on any atom is 0.226 e. The second kappa shape index (κ2) is 7.28. The minimum atomic E-state index is 0.131. The standard InChI is InChI=1S/C20H25N3O2/c1-13-14(2)19(24-4)8-7-17(13)20-22-18(15(3)25-20)12-23-9-5-6-16(10-21)11-23/h7-8,16H,5-6,9,11-12H2,1-4H3/t16-/m1/s1. The minimum Gasteiger partial charge on any atom is -0.496 e. The quantitative estimate of drug-likeness (QED) is 0.842. The van der Waals surface area contributed by atoms with E-state index in [1.807, 2.05) is 26.0 Å². The first-order valence-electron chi connectivity index (χ1n) is 8.76. The average molecular weight is 339 g/mol. The molecule has 2 aromatic rings. The molecule has 0 saturated carbocycles. The SMILES string of the molecule is COc1ccc(-c2nc(CN3CCC[C@H](C#N)C3)c(C)o2)c(C)c1C. The summed E-state index contributed by atoms with van der Waals surface area (Å²) in [4.78, 5) is 7.05. The van der Waals surface area contributed by atoms with Gasteiger partial charge >= 0.3 is 0 Å². The molecule has 3 rings (SSSR count). The van der Waals surface area contributed by atoms with Crippen LogP contribution in [0.4, 0.5) is 0 Å². The van der Waals surface area contributed by atoms with Crippen LogP contribution in [0, 0.1) is 38.0 Å². The van der Waals surface area contributed by atoms with Crippen molar-refractivity contribution in [1.29, 1.82) is 5.26 Å². The summed E-state index contributed by atoms with van der Waals surface area (Å²) < 4.78 is 11.3. The maximum atomic E-state index is 9.16. The van der Waals surface area contributed by atoms with Gasteiger partial charge in [-0.05, 0) is 63.4 Å². The normalized spacial score (nSPS) is 18.1. The number of rotatable bonds is 4. The molecule has 132 valence electrons. The van der Waals surface area contributed by atoms with Gasteiger partial charge in [0.15, 0.2) is 0 Å². The zero-order valence-electron chi connectivity index (χ0n) is 15.4. The van der Waals surface area contributed by atoms with E-state index in [0.717, 1.165) is 66.4 Å². The number of piperidine rings is 1. The highest BCUT2D eigenvalue weighted by Gasteiger charge is 2.22. The van der Waals surface area contributed by atoms with Crippen molar-refractivity contribution >= 4 is 0 Å². The van der Waals surface area contributed by atoms with Gasteiger partial charge in [-0.2, -0.15) is 5.26 Å². The minimum absolute atomic E-state index is 0.131. The summed E-state index contributed by atoms with van der Waals surface area (Å²) in [5.74, 6) is 2.51. The van der Waals surface area contributed by atoms with Gasteiger partial charge in [0.25, 0.3) is 0 Å². The van der Waals surface area contributed by atoms with Crippen molar-refractivity contribution in [1.82, 2.24) is 9.88 Å². The van der Waals surface area contributed by atoms with Crippen molar-refractivity contribution in [3.63, 3.8) is 0 Å². The van der Waals surface area contributed by atoms with Crippen LogP contribution in [0.15, 0.2) is 16.5 Å². The van der Waals surface area contributed by atoms with E-state index >= 15 is 0 Å². The number of hydrogen-bond acceptors (Lipinski definition) is 5. The van der Waals surface area contributed by atoms with Crippen LogP contribution in [0.5, 0.6) is 5.75 Å². The van der Waals surface area contributed by atoms with Crippen molar-refractivity contribution in [2.24, 2.45) is 5.92 Å². The van der Waals surface area contributed by atoms with Crippen LogP contribution in [-0.2, 0) is 6.54 Å². The molecule has 5 nitrogen and oxygen atoms in total. The second-order valence-corrected chi connectivity index (χ2v) is 6.79. The largest absolute Gasteiger partial charge is 0.496 e. The van der Waals surface area contributed by atoms with Crippen molar-refractivity contribution in [3.8, 4) is 23.3 Å². The van der Waals surface area contributed by atoms with Gasteiger partial charge in [-0.25, -0.2) is 4.98 Å². The molecule has 1 saturated heterocycles. The molecule has 1 atom stereocenters. The molecule has 0 spiro atoms. The lowest BCUT2D eigenvalue weighted by Crippen LogP contribution is -2.34. The molecule has 1 aliphatic heterocycles. The molecule has 0 aliphatic carbocycles. The average Bonchev–Trinajstić information content (AvgIpc) is 2.97. The summed E-state index contributed by atoms with van der Waals surface area (Å²) >= 11 is 0. The molecule has 1 aromatic heterocycles. The van der Waals surface area contributed by atoms with E-state index in [1.165, 1.54) is 0 Å². The first kappa shape index (κ1) is 17.5. The Morgan fingerprint density at radius 2 is 2.12 bits per heavy atom. The van der Waals surface area contributed by atoms with Crippen LogP contribution in [-0.4, -0.2) is 30.1 Å². The van der Waals surface area contributed by atoms with Gasteiger partial charge in [-0.1, -0.05) is 0 Å². The van der Waals surface area contributed by atoms with Gasteiger partial charge < -0.3 is 9.15 Å². The lowest BCUT2D eigenvalue weighted by Gasteiger charge is -2.28. The molecular weight excluding hydrogens is 314 g/mol. The Kier molecular flexibility index (Phi) is 5.10. The highest BCUT2D eigenvalue weighted by Crippen LogP contribution is 2.32. The monoisotopic (exact) mass is 339 g/mol. The van der Waals surface area contributed by atoms with Crippen LogP contribution < -0.4 is 4.74 Å². The van der Waals surface area contributed by atoms with Crippen LogP contribution in [0.3, 0.4) is 0 Å². The molecule has 0 bridgehead atoms. The number of likely N-dealkylation sites (tertiary alicyclic amines) is 1. The van der Waals surface area contributed by atoms with Gasteiger partial charge in [0.05, 0.1) is 24.8 Å². The molecule has 1 aliphatic rings. The number of aromatic nitrogens is 1. The van der Waals surface area contributed by atoms with Gasteiger partial charge in [0.2, 0.25) is 5.89 Å². The molecule has 0 radical (unpaired) electrons. The molecule has 1 fully saturated rings. The maximum absolute atomic E-state index is 9.16. The lowest BCUT2D eigenvalue weighted by atomic mass is 9.99. The number of nitrogens with zero attached hydrogens (tertiary/aromatic N) is 3. The molecule has 0 unspecified atom stereocenters. The Labute approximate surface area is 149 Å². The van der Waals surface area contributed by atoms with Crippen LogP contribution in [0.1, 0.15) is 35.4 Å². The first-order valence-corrected chi connectivity index (χ1v) is 8.76. The van der Waals surface area contributed by atoms with E-state index in [-0.39, 0.29) is 5.92 Å². The first-order chi connectivity index (χ1) is 12.0. The number of nitriles is 1. The van der Waals surface area contributed by atoms with Crippen molar-refractivity contribution < 1.29 is 9.15 Å². The summed E-state index contributed by atoms with van der Waals surface area (Å²) in [6.45, 7) is 8.64. The topological polar surface area (TPSA) is 62.3 Å². The van der Waals surface area contributed by atoms with E-state index in [1.54, 1.807) is 7.11 Å². The molecule has 0 N–H and O–H groups in total. The summed E-state index contributed by atoms with van der Waals surface area (Å²) in [7, 11) is 1.68. The summed E-state index contributed by atoms with van der Waals surface area (Å²) in [6.07, 6.45) is 2.07. The Morgan fingerprint density at radius 3 is 2.84 bits per heavy atom. The second-order valence-electron chi connectivity index (χ2n) is 6.79. The number of benzene rings is 1. The van der Waals surface area contributed by atoms with Crippen LogP contribution in [0.25, 0.3) is 11.5 Å². The molecular formula is C20H25N3O2. The van der Waals surface area contributed by atoms with Crippen molar-refractivity contribution in [2.75, 3.05) is 20.2 Å². The van der Waals surface area contributed by atoms with E-state index in [2.05, 4.69) is 17.9 Å². The predicted molar refractivity (Wildman–Crippen MR) is 96.3 cm³/mol. The third-order valence-electron chi connectivity index (χ3n) is 5.14. The fourth-order valence-corrected chi connectivity index (χ4v) is 3.45. The van der Waals surface area contributed by atoms with E-state index in [4.69, 9.17) is 19.4 Å². The Morgan fingerprint density at radius 1 is 1.32 bits per heavy atom. The summed E-state index contributed by atoms with van der Waals surface area (Å²) in [5, 5.41) is 9.16. The fraction of sp³-hybridized carbons (Fsp3) is 0.500. The zero-order valence-corrected chi connectivity index (χ0v) is 15.4. The van der Waals surface area contributed by atoms with Gasteiger partial charge in [0.1, 0.15) is 11.5 Å². The molecule has 5 heteroatoms. The van der Waals surface area contributed by atoms with Crippen LogP contribution >= 0.6 is 0 Å². The number of methoxy groups -OCH3 is 1. The molecule has 2 heterocycles. The van der Waals surface area contributed by atoms with Crippen LogP contribution in [0.2, 0.25) is 0 Å². The van der Waals surface area contributed by atoms with Gasteiger partial charge in [-0.3, -0.25) is 4.90 Å². The summed E-state index contributed by atoms with van der Waals surface area (Å²) in [5.41, 5.74) is 4.18. The van der Waals surface area contributed by atoms with E-state index in [0.29, 0.717) is 5.89 Å². The third-order valence-corrected chi connectivity index (χ3v) is 5.14. The molecule has 1 aromatic carbocycles. The third kappa shape index (κ3) is 3.54. The van der Waals surface area contributed by atoms with E-state index in [9.17, 15) is 0 Å². The number of ether oxygens (including phenoxy) is 1. The highest BCUT2D eigenvalue weighted by atomic mass is 16.5. The Balaban J connectivity index is 1.83.